The zero-order valence-electron chi connectivity index (χ0n) is 13.4. The third-order valence-corrected chi connectivity index (χ3v) is 3.35. The molecule has 5 heteroatoms. The average Bonchev–Trinajstić information content (AvgIpc) is 2.99. The van der Waals surface area contributed by atoms with Crippen LogP contribution in [0.3, 0.4) is 0 Å². The van der Waals surface area contributed by atoms with E-state index in [1.807, 2.05) is 18.5 Å². The van der Waals surface area contributed by atoms with Gasteiger partial charge in [-0.2, -0.15) is 0 Å². The van der Waals surface area contributed by atoms with Crippen LogP contribution in [0.4, 0.5) is 0 Å². The van der Waals surface area contributed by atoms with E-state index in [0.717, 1.165) is 37.8 Å². The molecule has 0 saturated heterocycles. The van der Waals surface area contributed by atoms with Crippen molar-refractivity contribution < 1.29 is 0 Å². The minimum atomic E-state index is 0.580. The lowest BCUT2D eigenvalue weighted by atomic mass is 10.1. The molecular formula is C17H25N5. The monoisotopic (exact) mass is 299 g/mol. The van der Waals surface area contributed by atoms with Crippen molar-refractivity contribution >= 4 is 5.96 Å². The zero-order valence-corrected chi connectivity index (χ0v) is 13.4. The summed E-state index contributed by atoms with van der Waals surface area (Å²) in [6.45, 7) is 7.34. The summed E-state index contributed by atoms with van der Waals surface area (Å²) in [7, 11) is 0. The minimum absolute atomic E-state index is 0.580. The summed E-state index contributed by atoms with van der Waals surface area (Å²) in [6.07, 6.45) is 4.87. The van der Waals surface area contributed by atoms with Crippen molar-refractivity contribution in [1.82, 2.24) is 20.2 Å². The lowest BCUT2D eigenvalue weighted by molar-refractivity contribution is 0.650. The second-order valence-electron chi connectivity index (χ2n) is 5.00. The molecule has 2 rings (SSSR count). The van der Waals surface area contributed by atoms with Crippen LogP contribution in [0, 0.1) is 0 Å². The van der Waals surface area contributed by atoms with Crippen LogP contribution >= 0.6 is 0 Å². The first-order chi connectivity index (χ1) is 10.8. The Morgan fingerprint density at radius 3 is 2.55 bits per heavy atom. The highest BCUT2D eigenvalue weighted by atomic mass is 15.2. The van der Waals surface area contributed by atoms with E-state index in [0.29, 0.717) is 6.54 Å². The first kappa shape index (κ1) is 16.1. The number of imidazole rings is 1. The molecule has 0 bridgehead atoms. The summed E-state index contributed by atoms with van der Waals surface area (Å²) < 4.78 is 2.17. The van der Waals surface area contributed by atoms with Crippen LogP contribution in [0.15, 0.2) is 47.7 Å². The van der Waals surface area contributed by atoms with Crippen LogP contribution < -0.4 is 10.6 Å². The first-order valence-corrected chi connectivity index (χ1v) is 7.89. The second-order valence-corrected chi connectivity index (χ2v) is 5.00. The van der Waals surface area contributed by atoms with Crippen LogP contribution in [0.25, 0.3) is 0 Å². The normalized spacial score (nSPS) is 10.3. The number of hydrogen-bond donors (Lipinski definition) is 2. The molecule has 1 aromatic heterocycles. The molecule has 2 N–H and O–H groups in total. The van der Waals surface area contributed by atoms with E-state index in [9.17, 15) is 0 Å². The summed E-state index contributed by atoms with van der Waals surface area (Å²) in [5.74, 6) is 1.83. The fraction of sp³-hybridized carbons (Fsp3) is 0.412. The quantitative estimate of drug-likeness (QED) is 0.609. The molecule has 2 aromatic rings. The van der Waals surface area contributed by atoms with Crippen molar-refractivity contribution in [3.63, 3.8) is 0 Å². The maximum Gasteiger partial charge on any atom is 0.191 e. The number of guanidine groups is 1. The van der Waals surface area contributed by atoms with E-state index >= 15 is 0 Å². The molecule has 0 aliphatic rings. The predicted octanol–water partition coefficient (Wildman–Crippen LogP) is 2.20. The van der Waals surface area contributed by atoms with Gasteiger partial charge in [-0.15, -0.1) is 0 Å². The molecule has 1 aromatic carbocycles. The van der Waals surface area contributed by atoms with Gasteiger partial charge in [-0.3, -0.25) is 0 Å². The number of aromatic nitrogens is 2. The average molecular weight is 299 g/mol. The Balaban J connectivity index is 1.95. The van der Waals surface area contributed by atoms with Gasteiger partial charge in [0.15, 0.2) is 5.96 Å². The van der Waals surface area contributed by atoms with Crippen molar-refractivity contribution in [2.24, 2.45) is 4.99 Å². The van der Waals surface area contributed by atoms with Crippen LogP contribution in [-0.2, 0) is 19.5 Å². The van der Waals surface area contributed by atoms with E-state index in [2.05, 4.69) is 63.3 Å². The molecule has 0 unspecified atom stereocenters. The Morgan fingerprint density at radius 2 is 1.86 bits per heavy atom. The van der Waals surface area contributed by atoms with Gasteiger partial charge in [-0.25, -0.2) is 9.98 Å². The van der Waals surface area contributed by atoms with Crippen molar-refractivity contribution in [2.45, 2.75) is 33.4 Å². The molecule has 0 spiro atoms. The molecule has 0 fully saturated rings. The second kappa shape index (κ2) is 8.87. The molecule has 0 amide bonds. The number of rotatable bonds is 7. The Labute approximate surface area is 132 Å². The molecule has 0 radical (unpaired) electrons. The fourth-order valence-corrected chi connectivity index (χ4v) is 2.25. The standard InChI is InChI=1S/C17H25N5/c1-3-18-17(19-4-2)21-14-16-20-11-13-22(16)12-10-15-8-6-5-7-9-15/h5-9,11,13H,3-4,10,12,14H2,1-2H3,(H2,18,19,21). The highest BCUT2D eigenvalue weighted by Crippen LogP contribution is 2.05. The predicted molar refractivity (Wildman–Crippen MR) is 90.9 cm³/mol. The van der Waals surface area contributed by atoms with E-state index in [-0.39, 0.29) is 0 Å². The van der Waals surface area contributed by atoms with Crippen molar-refractivity contribution in [3.8, 4) is 0 Å². The molecule has 0 aliphatic carbocycles. The van der Waals surface area contributed by atoms with Crippen LogP contribution in [0.5, 0.6) is 0 Å². The minimum Gasteiger partial charge on any atom is -0.357 e. The summed E-state index contributed by atoms with van der Waals surface area (Å²) in [5, 5.41) is 6.45. The van der Waals surface area contributed by atoms with E-state index in [1.165, 1.54) is 5.56 Å². The molecule has 5 nitrogen and oxygen atoms in total. The molecule has 1 heterocycles. The molecule has 118 valence electrons. The maximum absolute atomic E-state index is 4.57. The summed E-state index contributed by atoms with van der Waals surface area (Å²) in [4.78, 5) is 8.99. The van der Waals surface area contributed by atoms with Gasteiger partial charge in [0.25, 0.3) is 0 Å². The maximum atomic E-state index is 4.57. The SMILES string of the molecule is CCNC(=NCc1nccn1CCc1ccccc1)NCC. The molecule has 0 aliphatic heterocycles. The smallest absolute Gasteiger partial charge is 0.191 e. The van der Waals surface area contributed by atoms with Crippen molar-refractivity contribution in [2.75, 3.05) is 13.1 Å². The van der Waals surface area contributed by atoms with Gasteiger partial charge in [0.1, 0.15) is 12.4 Å². The lowest BCUT2D eigenvalue weighted by Gasteiger charge is -2.10. The van der Waals surface area contributed by atoms with Gasteiger partial charge >= 0.3 is 0 Å². The molecule has 22 heavy (non-hydrogen) atoms. The topological polar surface area (TPSA) is 54.2 Å². The third kappa shape index (κ3) is 4.91. The number of aryl methyl sites for hydroxylation is 2. The van der Waals surface area contributed by atoms with Crippen molar-refractivity contribution in [1.29, 1.82) is 0 Å². The Bertz CT molecular complexity index is 566. The van der Waals surface area contributed by atoms with Crippen LogP contribution in [-0.4, -0.2) is 28.6 Å². The van der Waals surface area contributed by atoms with E-state index in [1.54, 1.807) is 0 Å². The van der Waals surface area contributed by atoms with Gasteiger partial charge in [0.2, 0.25) is 0 Å². The van der Waals surface area contributed by atoms with Gasteiger partial charge in [0, 0.05) is 32.0 Å². The Morgan fingerprint density at radius 1 is 1.14 bits per heavy atom. The van der Waals surface area contributed by atoms with Gasteiger partial charge in [-0.05, 0) is 25.8 Å². The fourth-order valence-electron chi connectivity index (χ4n) is 2.25. The Kier molecular flexibility index (Phi) is 6.48. The molecule has 0 saturated carbocycles. The number of nitrogens with one attached hydrogen (secondary N) is 2. The van der Waals surface area contributed by atoms with Gasteiger partial charge in [-0.1, -0.05) is 30.3 Å². The summed E-state index contributed by atoms with van der Waals surface area (Å²) in [5.41, 5.74) is 1.34. The number of benzene rings is 1. The van der Waals surface area contributed by atoms with Crippen LogP contribution in [0.2, 0.25) is 0 Å². The van der Waals surface area contributed by atoms with E-state index < -0.39 is 0 Å². The number of nitrogens with zero attached hydrogens (tertiary/aromatic N) is 3. The third-order valence-electron chi connectivity index (χ3n) is 3.35. The lowest BCUT2D eigenvalue weighted by Crippen LogP contribution is -2.37. The molecular weight excluding hydrogens is 274 g/mol. The zero-order chi connectivity index (χ0) is 15.6. The number of hydrogen-bond acceptors (Lipinski definition) is 2. The summed E-state index contributed by atoms with van der Waals surface area (Å²) >= 11 is 0. The van der Waals surface area contributed by atoms with Gasteiger partial charge in [0.05, 0.1) is 0 Å². The highest BCUT2D eigenvalue weighted by molar-refractivity contribution is 5.79. The first-order valence-electron chi connectivity index (χ1n) is 7.89. The van der Waals surface area contributed by atoms with Gasteiger partial charge < -0.3 is 15.2 Å². The molecule has 0 atom stereocenters. The number of aliphatic imine (C=N–C) groups is 1. The largest absolute Gasteiger partial charge is 0.357 e. The van der Waals surface area contributed by atoms with Crippen LogP contribution in [0.1, 0.15) is 25.2 Å². The summed E-state index contributed by atoms with van der Waals surface area (Å²) in [6, 6.07) is 10.5. The highest BCUT2D eigenvalue weighted by Gasteiger charge is 2.03. The van der Waals surface area contributed by atoms with E-state index in [4.69, 9.17) is 0 Å². The Hall–Kier alpha value is -2.30. The van der Waals surface area contributed by atoms with Crippen molar-refractivity contribution in [3.05, 3.63) is 54.1 Å².